The zero-order valence-electron chi connectivity index (χ0n) is 17.4. The van der Waals surface area contributed by atoms with Gasteiger partial charge in [-0.05, 0) is 43.2 Å². The van der Waals surface area contributed by atoms with Crippen LogP contribution in [-0.2, 0) is 9.59 Å². The molecule has 4 rings (SSSR count). The van der Waals surface area contributed by atoms with Crippen molar-refractivity contribution in [3.8, 4) is 5.75 Å². The minimum atomic E-state index is -0.502. The Labute approximate surface area is 190 Å². The molecule has 1 aliphatic carbocycles. The Morgan fingerprint density at radius 2 is 1.75 bits per heavy atom. The van der Waals surface area contributed by atoms with E-state index in [0.29, 0.717) is 37.6 Å². The summed E-state index contributed by atoms with van der Waals surface area (Å²) < 4.78 is 18.8. The van der Waals surface area contributed by atoms with Gasteiger partial charge in [0.15, 0.2) is 6.61 Å². The highest BCUT2D eigenvalue weighted by molar-refractivity contribution is 6.33. The van der Waals surface area contributed by atoms with E-state index in [1.54, 1.807) is 34.1 Å². The lowest BCUT2D eigenvalue weighted by Gasteiger charge is -2.34. The fraction of sp³-hybridized carbons (Fsp3) is 0.348. The third-order valence-corrected chi connectivity index (χ3v) is 5.81. The number of anilines is 1. The van der Waals surface area contributed by atoms with Gasteiger partial charge in [-0.15, -0.1) is 0 Å². The van der Waals surface area contributed by atoms with Crippen LogP contribution in [0.5, 0.6) is 5.75 Å². The van der Waals surface area contributed by atoms with Gasteiger partial charge in [-0.25, -0.2) is 4.39 Å². The molecule has 168 valence electrons. The SMILES string of the molecule is O=C(Nc1cccc(OCC(=O)N2CCN(C(=O)c3ccc(F)cc3Cl)CC2)c1)C1CC1. The molecule has 3 amide bonds. The van der Waals surface area contributed by atoms with Crippen molar-refractivity contribution in [3.05, 3.63) is 58.9 Å². The van der Waals surface area contributed by atoms with Gasteiger partial charge in [0.05, 0.1) is 10.6 Å². The molecule has 1 aliphatic heterocycles. The summed E-state index contributed by atoms with van der Waals surface area (Å²) in [6.45, 7) is 1.29. The molecule has 9 heteroatoms. The summed E-state index contributed by atoms with van der Waals surface area (Å²) in [6.07, 6.45) is 1.85. The molecule has 0 unspecified atom stereocenters. The third kappa shape index (κ3) is 5.37. The van der Waals surface area contributed by atoms with Gasteiger partial charge in [0.2, 0.25) is 5.91 Å². The zero-order chi connectivity index (χ0) is 22.7. The number of ether oxygens (including phenoxy) is 1. The van der Waals surface area contributed by atoms with E-state index < -0.39 is 5.82 Å². The number of piperazine rings is 1. The van der Waals surface area contributed by atoms with Crippen LogP contribution >= 0.6 is 11.6 Å². The number of carbonyl (C=O) groups is 3. The zero-order valence-corrected chi connectivity index (χ0v) is 18.1. The van der Waals surface area contributed by atoms with E-state index in [2.05, 4.69) is 5.32 Å². The molecule has 1 heterocycles. The van der Waals surface area contributed by atoms with Gasteiger partial charge < -0.3 is 19.9 Å². The quantitative estimate of drug-likeness (QED) is 0.719. The number of amides is 3. The van der Waals surface area contributed by atoms with Crippen molar-refractivity contribution >= 4 is 35.0 Å². The van der Waals surface area contributed by atoms with Crippen molar-refractivity contribution < 1.29 is 23.5 Å². The predicted molar refractivity (Wildman–Crippen MR) is 117 cm³/mol. The number of hydrogen-bond acceptors (Lipinski definition) is 4. The first-order chi connectivity index (χ1) is 15.4. The van der Waals surface area contributed by atoms with Gasteiger partial charge in [0.25, 0.3) is 11.8 Å². The Morgan fingerprint density at radius 1 is 1.03 bits per heavy atom. The van der Waals surface area contributed by atoms with Crippen LogP contribution in [0.15, 0.2) is 42.5 Å². The van der Waals surface area contributed by atoms with Crippen molar-refractivity contribution in [3.63, 3.8) is 0 Å². The Balaban J connectivity index is 1.26. The Bertz CT molecular complexity index is 1040. The summed E-state index contributed by atoms with van der Waals surface area (Å²) in [7, 11) is 0. The van der Waals surface area contributed by atoms with Crippen molar-refractivity contribution in [2.24, 2.45) is 5.92 Å². The van der Waals surface area contributed by atoms with E-state index in [9.17, 15) is 18.8 Å². The topological polar surface area (TPSA) is 79.0 Å². The molecule has 1 N–H and O–H groups in total. The summed E-state index contributed by atoms with van der Waals surface area (Å²) in [5.41, 5.74) is 0.878. The summed E-state index contributed by atoms with van der Waals surface area (Å²) in [5.74, 6) is -0.379. The molecule has 0 bridgehead atoms. The molecule has 2 aromatic carbocycles. The van der Waals surface area contributed by atoms with E-state index in [0.717, 1.165) is 18.9 Å². The van der Waals surface area contributed by atoms with Gasteiger partial charge in [-0.1, -0.05) is 17.7 Å². The molecule has 0 aromatic heterocycles. The predicted octanol–water partition coefficient (Wildman–Crippen LogP) is 3.19. The maximum Gasteiger partial charge on any atom is 0.260 e. The fourth-order valence-corrected chi connectivity index (χ4v) is 3.73. The number of nitrogens with zero attached hydrogens (tertiary/aromatic N) is 2. The lowest BCUT2D eigenvalue weighted by Crippen LogP contribution is -2.51. The number of rotatable bonds is 6. The van der Waals surface area contributed by atoms with Crippen molar-refractivity contribution in [2.45, 2.75) is 12.8 Å². The average molecular weight is 460 g/mol. The van der Waals surface area contributed by atoms with E-state index in [1.165, 1.54) is 12.1 Å². The normalized spacial score (nSPS) is 15.9. The first-order valence-electron chi connectivity index (χ1n) is 10.5. The fourth-order valence-electron chi connectivity index (χ4n) is 3.48. The highest BCUT2D eigenvalue weighted by atomic mass is 35.5. The molecule has 7 nitrogen and oxygen atoms in total. The summed E-state index contributed by atoms with van der Waals surface area (Å²) >= 11 is 5.99. The third-order valence-electron chi connectivity index (χ3n) is 5.49. The molecule has 1 saturated heterocycles. The Kier molecular flexibility index (Phi) is 6.60. The number of halogens is 2. The largest absolute Gasteiger partial charge is 0.484 e. The van der Waals surface area contributed by atoms with E-state index in [-0.39, 0.29) is 40.8 Å². The van der Waals surface area contributed by atoms with Crippen molar-refractivity contribution in [1.29, 1.82) is 0 Å². The molecule has 0 radical (unpaired) electrons. The molecular formula is C23H23ClFN3O4. The first-order valence-corrected chi connectivity index (χ1v) is 10.8. The maximum atomic E-state index is 13.2. The summed E-state index contributed by atoms with van der Waals surface area (Å²) in [4.78, 5) is 40.3. The highest BCUT2D eigenvalue weighted by Crippen LogP contribution is 2.30. The van der Waals surface area contributed by atoms with Crippen LogP contribution in [0.4, 0.5) is 10.1 Å². The van der Waals surface area contributed by atoms with E-state index in [4.69, 9.17) is 16.3 Å². The Hall–Kier alpha value is -3.13. The Morgan fingerprint density at radius 3 is 2.44 bits per heavy atom. The van der Waals surface area contributed by atoms with Crippen LogP contribution in [0.25, 0.3) is 0 Å². The minimum Gasteiger partial charge on any atom is -0.484 e. The van der Waals surface area contributed by atoms with Crippen LogP contribution in [-0.4, -0.2) is 60.3 Å². The second kappa shape index (κ2) is 9.56. The van der Waals surface area contributed by atoms with Crippen LogP contribution in [0.3, 0.4) is 0 Å². The standard InChI is InChI=1S/C23H23ClFN3O4/c24-20-12-16(25)6-7-19(20)23(31)28-10-8-27(9-11-28)21(29)14-32-18-3-1-2-17(13-18)26-22(30)15-4-5-15/h1-3,6-7,12-13,15H,4-5,8-11,14H2,(H,26,30). The molecule has 1 saturated carbocycles. The van der Waals surface area contributed by atoms with Gasteiger partial charge in [-0.3, -0.25) is 14.4 Å². The number of nitrogens with one attached hydrogen (secondary N) is 1. The second-order valence-electron chi connectivity index (χ2n) is 7.88. The smallest absolute Gasteiger partial charge is 0.260 e. The maximum absolute atomic E-state index is 13.2. The second-order valence-corrected chi connectivity index (χ2v) is 8.28. The van der Waals surface area contributed by atoms with Crippen molar-refractivity contribution in [2.75, 3.05) is 38.1 Å². The monoisotopic (exact) mass is 459 g/mol. The van der Waals surface area contributed by atoms with Gasteiger partial charge >= 0.3 is 0 Å². The molecule has 32 heavy (non-hydrogen) atoms. The van der Waals surface area contributed by atoms with Gasteiger partial charge in [0.1, 0.15) is 11.6 Å². The first kappa shape index (κ1) is 22.1. The van der Waals surface area contributed by atoms with Crippen LogP contribution in [0, 0.1) is 11.7 Å². The van der Waals surface area contributed by atoms with Crippen LogP contribution in [0.1, 0.15) is 23.2 Å². The average Bonchev–Trinajstić information content (AvgIpc) is 3.63. The molecule has 0 atom stereocenters. The minimum absolute atomic E-state index is 0.00701. The van der Waals surface area contributed by atoms with Gasteiger partial charge in [0, 0.05) is 43.9 Å². The molecule has 0 spiro atoms. The van der Waals surface area contributed by atoms with Crippen LogP contribution < -0.4 is 10.1 Å². The lowest BCUT2D eigenvalue weighted by molar-refractivity contribution is -0.134. The summed E-state index contributed by atoms with van der Waals surface area (Å²) in [5, 5.41) is 2.92. The molecule has 2 aliphatic rings. The molecular weight excluding hydrogens is 437 g/mol. The van der Waals surface area contributed by atoms with E-state index >= 15 is 0 Å². The highest BCUT2D eigenvalue weighted by Gasteiger charge is 2.29. The number of benzene rings is 2. The number of carbonyl (C=O) groups excluding carboxylic acids is 3. The van der Waals surface area contributed by atoms with Gasteiger partial charge in [-0.2, -0.15) is 0 Å². The molecule has 2 fully saturated rings. The van der Waals surface area contributed by atoms with E-state index in [1.807, 2.05) is 0 Å². The lowest BCUT2D eigenvalue weighted by atomic mass is 10.1. The summed E-state index contributed by atoms with van der Waals surface area (Å²) in [6, 6.07) is 10.6. The van der Waals surface area contributed by atoms with Crippen molar-refractivity contribution in [1.82, 2.24) is 9.80 Å². The van der Waals surface area contributed by atoms with Crippen LogP contribution in [0.2, 0.25) is 5.02 Å². The number of hydrogen-bond donors (Lipinski definition) is 1. The molecule has 2 aromatic rings.